The van der Waals surface area contributed by atoms with Gasteiger partial charge in [0.2, 0.25) is 0 Å². The van der Waals surface area contributed by atoms with Crippen LogP contribution in [0.25, 0.3) is 0 Å². The van der Waals surface area contributed by atoms with Crippen LogP contribution in [0.3, 0.4) is 0 Å². The Balaban J connectivity index is 2.32. The predicted octanol–water partition coefficient (Wildman–Crippen LogP) is 5.50. The predicted molar refractivity (Wildman–Crippen MR) is 79.0 cm³/mol. The van der Waals surface area contributed by atoms with Crippen molar-refractivity contribution in [3.05, 3.63) is 42.2 Å². The molecule has 0 aliphatic carbocycles. The SMILES string of the molecule is CC=COc1ccccc1CCCCCCCC. The minimum atomic E-state index is 1.00. The second-order valence-electron chi connectivity index (χ2n) is 4.71. The molecule has 18 heavy (non-hydrogen) atoms. The van der Waals surface area contributed by atoms with Crippen LogP contribution in [0.4, 0.5) is 0 Å². The van der Waals surface area contributed by atoms with E-state index in [0.717, 1.165) is 12.2 Å². The van der Waals surface area contributed by atoms with Gasteiger partial charge in [-0.2, -0.15) is 0 Å². The molecule has 1 aromatic rings. The average molecular weight is 246 g/mol. The van der Waals surface area contributed by atoms with Gasteiger partial charge < -0.3 is 4.74 Å². The van der Waals surface area contributed by atoms with Crippen LogP contribution in [-0.4, -0.2) is 0 Å². The fourth-order valence-corrected chi connectivity index (χ4v) is 2.06. The number of hydrogen-bond acceptors (Lipinski definition) is 1. The van der Waals surface area contributed by atoms with Gasteiger partial charge in [-0.05, 0) is 31.4 Å². The number of ether oxygens (including phenoxy) is 1. The molecule has 0 aliphatic heterocycles. The molecule has 0 fully saturated rings. The van der Waals surface area contributed by atoms with Crippen LogP contribution >= 0.6 is 0 Å². The Labute approximate surface area is 112 Å². The van der Waals surface area contributed by atoms with Crippen LogP contribution in [0, 0.1) is 0 Å². The quantitative estimate of drug-likeness (QED) is 0.413. The van der Waals surface area contributed by atoms with Crippen LogP contribution in [0.15, 0.2) is 36.6 Å². The highest BCUT2D eigenvalue weighted by molar-refractivity contribution is 5.33. The summed E-state index contributed by atoms with van der Waals surface area (Å²) >= 11 is 0. The van der Waals surface area contributed by atoms with Crippen molar-refractivity contribution >= 4 is 0 Å². The molecule has 1 heteroatoms. The molecule has 0 radical (unpaired) electrons. The van der Waals surface area contributed by atoms with E-state index in [4.69, 9.17) is 4.74 Å². The van der Waals surface area contributed by atoms with Crippen molar-refractivity contribution in [2.45, 2.75) is 58.8 Å². The number of benzene rings is 1. The molecule has 0 saturated heterocycles. The molecule has 0 amide bonds. The van der Waals surface area contributed by atoms with Crippen LogP contribution in [0.1, 0.15) is 57.9 Å². The van der Waals surface area contributed by atoms with Gasteiger partial charge in [0, 0.05) is 0 Å². The normalized spacial score (nSPS) is 11.0. The van der Waals surface area contributed by atoms with E-state index in [1.54, 1.807) is 6.26 Å². The molecule has 1 aromatic carbocycles. The zero-order valence-electron chi connectivity index (χ0n) is 11.8. The summed E-state index contributed by atoms with van der Waals surface area (Å²) in [6, 6.07) is 8.34. The topological polar surface area (TPSA) is 9.23 Å². The molecule has 0 aliphatic rings. The standard InChI is InChI=1S/C17H26O/c1-3-5-6-7-8-9-12-16-13-10-11-14-17(16)18-15-4-2/h4,10-11,13-15H,3,5-9,12H2,1-2H3. The lowest BCUT2D eigenvalue weighted by atomic mass is 10.0. The molecule has 0 N–H and O–H groups in total. The molecule has 0 atom stereocenters. The molecule has 0 unspecified atom stereocenters. The lowest BCUT2D eigenvalue weighted by Crippen LogP contribution is -1.91. The zero-order valence-corrected chi connectivity index (χ0v) is 11.8. The third-order valence-electron chi connectivity index (χ3n) is 3.10. The summed E-state index contributed by atoms with van der Waals surface area (Å²) in [5.41, 5.74) is 1.33. The molecular formula is C17H26O. The van der Waals surface area contributed by atoms with E-state index >= 15 is 0 Å². The monoisotopic (exact) mass is 246 g/mol. The molecule has 0 aromatic heterocycles. The first-order valence-electron chi connectivity index (χ1n) is 7.24. The number of rotatable bonds is 9. The van der Waals surface area contributed by atoms with E-state index in [9.17, 15) is 0 Å². The van der Waals surface area contributed by atoms with Gasteiger partial charge in [0.1, 0.15) is 5.75 Å². The Kier molecular flexibility index (Phi) is 8.03. The van der Waals surface area contributed by atoms with Crippen molar-refractivity contribution in [3.8, 4) is 5.75 Å². The maximum Gasteiger partial charge on any atom is 0.129 e. The molecule has 0 spiro atoms. The highest BCUT2D eigenvalue weighted by Crippen LogP contribution is 2.21. The number of unbranched alkanes of at least 4 members (excludes halogenated alkanes) is 5. The van der Waals surface area contributed by atoms with E-state index in [1.165, 1.54) is 44.1 Å². The Hall–Kier alpha value is -1.24. The molecule has 0 saturated carbocycles. The van der Waals surface area contributed by atoms with Gasteiger partial charge in [-0.1, -0.05) is 63.3 Å². The van der Waals surface area contributed by atoms with Gasteiger partial charge >= 0.3 is 0 Å². The summed E-state index contributed by atoms with van der Waals surface area (Å²) in [6.45, 7) is 4.23. The molecule has 1 nitrogen and oxygen atoms in total. The third kappa shape index (κ3) is 5.90. The number of hydrogen-bond donors (Lipinski definition) is 0. The highest BCUT2D eigenvalue weighted by atomic mass is 16.5. The smallest absolute Gasteiger partial charge is 0.129 e. The zero-order chi connectivity index (χ0) is 13.1. The van der Waals surface area contributed by atoms with Crippen LogP contribution in [0.2, 0.25) is 0 Å². The summed E-state index contributed by atoms with van der Waals surface area (Å²) in [6.07, 6.45) is 12.8. The molecule has 0 bridgehead atoms. The minimum absolute atomic E-state index is 1.00. The third-order valence-corrected chi connectivity index (χ3v) is 3.10. The van der Waals surface area contributed by atoms with Gasteiger partial charge in [0.05, 0.1) is 6.26 Å². The van der Waals surface area contributed by atoms with E-state index in [2.05, 4.69) is 19.1 Å². The number of aryl methyl sites for hydroxylation is 1. The molecule has 1 rings (SSSR count). The first-order chi connectivity index (χ1) is 8.88. The first-order valence-corrected chi connectivity index (χ1v) is 7.24. The molecular weight excluding hydrogens is 220 g/mol. The lowest BCUT2D eigenvalue weighted by Gasteiger charge is -2.08. The second-order valence-corrected chi connectivity index (χ2v) is 4.71. The molecule has 0 heterocycles. The van der Waals surface area contributed by atoms with Crippen LogP contribution in [0.5, 0.6) is 5.75 Å². The van der Waals surface area contributed by atoms with E-state index in [0.29, 0.717) is 0 Å². The van der Waals surface area contributed by atoms with E-state index < -0.39 is 0 Å². The minimum Gasteiger partial charge on any atom is -0.465 e. The maximum atomic E-state index is 5.60. The number of para-hydroxylation sites is 1. The Morgan fingerprint density at radius 3 is 2.50 bits per heavy atom. The van der Waals surface area contributed by atoms with Crippen molar-refractivity contribution in [2.75, 3.05) is 0 Å². The highest BCUT2D eigenvalue weighted by Gasteiger charge is 2.01. The van der Waals surface area contributed by atoms with Gasteiger partial charge in [0.15, 0.2) is 0 Å². The summed E-state index contributed by atoms with van der Waals surface area (Å²) < 4.78 is 5.60. The Morgan fingerprint density at radius 1 is 1.00 bits per heavy atom. The van der Waals surface area contributed by atoms with Crippen molar-refractivity contribution in [2.24, 2.45) is 0 Å². The number of allylic oxidation sites excluding steroid dienone is 1. The Bertz CT molecular complexity index is 341. The van der Waals surface area contributed by atoms with Crippen LogP contribution in [-0.2, 0) is 6.42 Å². The van der Waals surface area contributed by atoms with Crippen molar-refractivity contribution in [1.29, 1.82) is 0 Å². The summed E-state index contributed by atoms with van der Waals surface area (Å²) in [5.74, 6) is 1.00. The fraction of sp³-hybridized carbons (Fsp3) is 0.529. The van der Waals surface area contributed by atoms with E-state index in [1.807, 2.05) is 25.1 Å². The van der Waals surface area contributed by atoms with Gasteiger partial charge in [0.25, 0.3) is 0 Å². The average Bonchev–Trinajstić information content (AvgIpc) is 2.41. The Morgan fingerprint density at radius 2 is 1.72 bits per heavy atom. The van der Waals surface area contributed by atoms with Crippen molar-refractivity contribution in [3.63, 3.8) is 0 Å². The lowest BCUT2D eigenvalue weighted by molar-refractivity contribution is 0.472. The fourth-order valence-electron chi connectivity index (χ4n) is 2.06. The van der Waals surface area contributed by atoms with Gasteiger partial charge in [-0.3, -0.25) is 0 Å². The molecule has 100 valence electrons. The van der Waals surface area contributed by atoms with Crippen molar-refractivity contribution < 1.29 is 4.74 Å². The first kappa shape index (κ1) is 14.8. The summed E-state index contributed by atoms with van der Waals surface area (Å²) in [5, 5.41) is 0. The van der Waals surface area contributed by atoms with Gasteiger partial charge in [-0.15, -0.1) is 0 Å². The van der Waals surface area contributed by atoms with E-state index in [-0.39, 0.29) is 0 Å². The van der Waals surface area contributed by atoms with Crippen LogP contribution < -0.4 is 4.74 Å². The largest absolute Gasteiger partial charge is 0.465 e. The summed E-state index contributed by atoms with van der Waals surface area (Å²) in [7, 11) is 0. The summed E-state index contributed by atoms with van der Waals surface area (Å²) in [4.78, 5) is 0. The second kappa shape index (κ2) is 9.76. The maximum absolute atomic E-state index is 5.60. The van der Waals surface area contributed by atoms with Gasteiger partial charge in [-0.25, -0.2) is 0 Å². The van der Waals surface area contributed by atoms with Crippen molar-refractivity contribution in [1.82, 2.24) is 0 Å².